The van der Waals surface area contributed by atoms with Crippen molar-refractivity contribution in [1.29, 1.82) is 5.26 Å². The molecule has 0 saturated carbocycles. The van der Waals surface area contributed by atoms with Crippen molar-refractivity contribution >= 4 is 5.96 Å². The molecule has 8 heteroatoms. The van der Waals surface area contributed by atoms with Gasteiger partial charge in [0.15, 0.2) is 24.0 Å². The Labute approximate surface area is 279 Å². The molecule has 0 aromatic heterocycles. The van der Waals surface area contributed by atoms with E-state index in [9.17, 15) is 5.26 Å². The lowest BCUT2D eigenvalue weighted by Crippen LogP contribution is -2.37. The maximum atomic E-state index is 9.22. The SMILES string of the molecule is COC(CN=C(NC#N)NCC(C)c1ccc(OC(c2ccccc2)c2ccccc2)c(OCCCCCc2ccccc2)c1)OC. The molecule has 0 aliphatic rings. The monoisotopic (exact) mass is 634 g/mol. The van der Waals surface area contributed by atoms with Crippen molar-refractivity contribution in [3.63, 3.8) is 0 Å². The first-order valence-corrected chi connectivity index (χ1v) is 16.2. The van der Waals surface area contributed by atoms with Crippen molar-refractivity contribution in [2.45, 2.75) is 50.9 Å². The number of hydrogen-bond donors (Lipinski definition) is 2. The van der Waals surface area contributed by atoms with E-state index in [-0.39, 0.29) is 18.6 Å². The predicted molar refractivity (Wildman–Crippen MR) is 187 cm³/mol. The number of hydrogen-bond acceptors (Lipinski definition) is 6. The summed E-state index contributed by atoms with van der Waals surface area (Å²) in [4.78, 5) is 4.40. The molecule has 1 unspecified atom stereocenters. The van der Waals surface area contributed by atoms with E-state index in [4.69, 9.17) is 18.9 Å². The van der Waals surface area contributed by atoms with Gasteiger partial charge in [0.25, 0.3) is 0 Å². The fourth-order valence-corrected chi connectivity index (χ4v) is 5.16. The molecule has 0 aliphatic heterocycles. The lowest BCUT2D eigenvalue weighted by Gasteiger charge is -2.23. The number of nitrogens with zero attached hydrogens (tertiary/aromatic N) is 2. The highest BCUT2D eigenvalue weighted by Gasteiger charge is 2.20. The van der Waals surface area contributed by atoms with Gasteiger partial charge >= 0.3 is 0 Å². The smallest absolute Gasteiger partial charge is 0.204 e. The summed E-state index contributed by atoms with van der Waals surface area (Å²) in [5.41, 5.74) is 4.56. The Morgan fingerprint density at radius 2 is 1.40 bits per heavy atom. The first kappa shape index (κ1) is 35.0. The number of methoxy groups -OCH3 is 2. The Hall–Kier alpha value is -4.84. The second-order valence-electron chi connectivity index (χ2n) is 11.3. The summed E-state index contributed by atoms with van der Waals surface area (Å²) >= 11 is 0. The zero-order valence-corrected chi connectivity index (χ0v) is 27.6. The molecular formula is C39H46N4O4. The number of ether oxygens (including phenoxy) is 4. The molecule has 47 heavy (non-hydrogen) atoms. The number of benzene rings is 4. The summed E-state index contributed by atoms with van der Waals surface area (Å²) in [5.74, 6) is 1.83. The molecule has 4 aromatic carbocycles. The third kappa shape index (κ3) is 11.5. The second-order valence-corrected chi connectivity index (χ2v) is 11.3. The van der Waals surface area contributed by atoms with Gasteiger partial charge in [-0.15, -0.1) is 0 Å². The van der Waals surface area contributed by atoms with Crippen molar-refractivity contribution in [3.8, 4) is 17.7 Å². The van der Waals surface area contributed by atoms with Gasteiger partial charge in [-0.05, 0) is 66.0 Å². The van der Waals surface area contributed by atoms with E-state index in [2.05, 4.69) is 89.3 Å². The van der Waals surface area contributed by atoms with Gasteiger partial charge in [0.1, 0.15) is 6.10 Å². The Morgan fingerprint density at radius 3 is 2.02 bits per heavy atom. The molecule has 0 amide bonds. The lowest BCUT2D eigenvalue weighted by molar-refractivity contribution is -0.0937. The molecule has 0 aliphatic carbocycles. The zero-order chi connectivity index (χ0) is 33.1. The second kappa shape index (κ2) is 19.6. The number of guanidine groups is 1. The van der Waals surface area contributed by atoms with E-state index in [0.29, 0.717) is 30.6 Å². The van der Waals surface area contributed by atoms with E-state index >= 15 is 0 Å². The minimum absolute atomic E-state index is 0.0719. The highest BCUT2D eigenvalue weighted by atomic mass is 16.7. The van der Waals surface area contributed by atoms with Crippen LogP contribution in [0, 0.1) is 11.5 Å². The summed E-state index contributed by atoms with van der Waals surface area (Å²) in [6.07, 6.45) is 5.34. The molecule has 2 N–H and O–H groups in total. The van der Waals surface area contributed by atoms with Crippen LogP contribution in [0.3, 0.4) is 0 Å². The Morgan fingerprint density at radius 1 is 0.766 bits per heavy atom. The first-order chi connectivity index (χ1) is 23.1. The molecule has 0 fully saturated rings. The van der Waals surface area contributed by atoms with E-state index in [1.165, 1.54) is 5.56 Å². The molecule has 8 nitrogen and oxygen atoms in total. The average molecular weight is 635 g/mol. The molecule has 0 spiro atoms. The summed E-state index contributed by atoms with van der Waals surface area (Å²) in [5, 5.41) is 15.1. The fourth-order valence-electron chi connectivity index (χ4n) is 5.16. The van der Waals surface area contributed by atoms with Crippen LogP contribution < -0.4 is 20.1 Å². The van der Waals surface area contributed by atoms with Gasteiger partial charge < -0.3 is 24.3 Å². The van der Waals surface area contributed by atoms with Gasteiger partial charge in [-0.25, -0.2) is 4.99 Å². The molecule has 0 heterocycles. The van der Waals surface area contributed by atoms with E-state index in [1.807, 2.05) is 48.7 Å². The minimum Gasteiger partial charge on any atom is -0.490 e. The van der Waals surface area contributed by atoms with Gasteiger partial charge in [0, 0.05) is 20.8 Å². The normalized spacial score (nSPS) is 12.0. The van der Waals surface area contributed by atoms with Crippen molar-refractivity contribution in [1.82, 2.24) is 10.6 Å². The standard InChI is InChI=1S/C39H46N4O4/c1-30(27-41-39(43-29-40)42-28-37(44-2)45-3)34-23-24-35(36(26-34)46-25-15-7-10-18-31-16-8-4-9-17-31)47-38(32-19-11-5-12-20-32)33-21-13-6-14-22-33/h4-6,8-9,11-14,16-17,19-24,26,30,37-38H,7,10,15,18,25,27-28H2,1-3H3,(H2,41,42,43). The number of aliphatic imine (C=N–C) groups is 1. The number of nitriles is 1. The maximum absolute atomic E-state index is 9.22. The largest absolute Gasteiger partial charge is 0.490 e. The quantitative estimate of drug-likeness (QED) is 0.0294. The number of aryl methyl sites for hydroxylation is 1. The Balaban J connectivity index is 1.49. The number of rotatable bonds is 18. The van der Waals surface area contributed by atoms with Crippen LogP contribution in [0.4, 0.5) is 0 Å². The van der Waals surface area contributed by atoms with Gasteiger partial charge in [0.05, 0.1) is 13.2 Å². The van der Waals surface area contributed by atoms with Crippen LogP contribution in [-0.2, 0) is 15.9 Å². The van der Waals surface area contributed by atoms with Crippen LogP contribution in [0.25, 0.3) is 0 Å². The summed E-state index contributed by atoms with van der Waals surface area (Å²) in [6, 6.07) is 37.2. The van der Waals surface area contributed by atoms with Crippen molar-refractivity contribution < 1.29 is 18.9 Å². The van der Waals surface area contributed by atoms with Crippen LogP contribution in [0.2, 0.25) is 0 Å². The molecule has 0 bridgehead atoms. The van der Waals surface area contributed by atoms with Crippen LogP contribution in [0.1, 0.15) is 60.5 Å². The molecule has 4 aromatic rings. The van der Waals surface area contributed by atoms with Gasteiger partial charge in [-0.3, -0.25) is 5.32 Å². The Kier molecular flexibility index (Phi) is 14.6. The topological polar surface area (TPSA) is 97.1 Å². The highest BCUT2D eigenvalue weighted by Crippen LogP contribution is 2.36. The summed E-state index contributed by atoms with van der Waals surface area (Å²) in [7, 11) is 3.10. The average Bonchev–Trinajstić information content (AvgIpc) is 3.12. The predicted octanol–water partition coefficient (Wildman–Crippen LogP) is 7.39. The maximum Gasteiger partial charge on any atom is 0.204 e. The molecule has 1 atom stereocenters. The van der Waals surface area contributed by atoms with Crippen molar-refractivity contribution in [2.75, 3.05) is 33.9 Å². The first-order valence-electron chi connectivity index (χ1n) is 16.2. The number of unbranched alkanes of at least 4 members (excludes halogenated alkanes) is 2. The third-order valence-electron chi connectivity index (χ3n) is 7.87. The van der Waals surface area contributed by atoms with Gasteiger partial charge in [-0.1, -0.05) is 104 Å². The van der Waals surface area contributed by atoms with Gasteiger partial charge in [-0.2, -0.15) is 5.26 Å². The highest BCUT2D eigenvalue weighted by molar-refractivity contribution is 5.81. The Bertz CT molecular complexity index is 1480. The lowest BCUT2D eigenvalue weighted by atomic mass is 9.99. The molecule has 4 rings (SSSR count). The van der Waals surface area contributed by atoms with E-state index < -0.39 is 6.29 Å². The fraction of sp³-hybridized carbons (Fsp3) is 0.333. The summed E-state index contributed by atoms with van der Waals surface area (Å²) in [6.45, 7) is 3.49. The number of nitrogens with one attached hydrogen (secondary N) is 2. The third-order valence-corrected chi connectivity index (χ3v) is 7.87. The van der Waals surface area contributed by atoms with Crippen LogP contribution in [-0.4, -0.2) is 46.2 Å². The summed E-state index contributed by atoms with van der Waals surface area (Å²) < 4.78 is 23.6. The van der Waals surface area contributed by atoms with Crippen molar-refractivity contribution in [2.24, 2.45) is 4.99 Å². The van der Waals surface area contributed by atoms with Crippen LogP contribution >= 0.6 is 0 Å². The van der Waals surface area contributed by atoms with Gasteiger partial charge in [0.2, 0.25) is 5.96 Å². The molecule has 246 valence electrons. The van der Waals surface area contributed by atoms with Crippen molar-refractivity contribution in [3.05, 3.63) is 131 Å². The molecular weight excluding hydrogens is 588 g/mol. The van der Waals surface area contributed by atoms with E-state index in [1.54, 1.807) is 14.2 Å². The van der Waals surface area contributed by atoms with Crippen LogP contribution in [0.5, 0.6) is 11.5 Å². The van der Waals surface area contributed by atoms with Crippen LogP contribution in [0.15, 0.2) is 114 Å². The molecule has 0 radical (unpaired) electrons. The zero-order valence-electron chi connectivity index (χ0n) is 27.6. The van der Waals surface area contributed by atoms with E-state index in [0.717, 1.165) is 42.4 Å². The molecule has 0 saturated heterocycles. The minimum atomic E-state index is -0.495.